The average Bonchev–Trinajstić information content (AvgIpc) is 3.17. The number of benzene rings is 2. The lowest BCUT2D eigenvalue weighted by atomic mass is 10.2. The zero-order valence-corrected chi connectivity index (χ0v) is 13.8. The number of para-hydroxylation sites is 1. The Morgan fingerprint density at radius 1 is 1.12 bits per heavy atom. The molecule has 0 aliphatic rings. The van der Waals surface area contributed by atoms with E-state index in [1.54, 1.807) is 35.2 Å². The molecule has 0 bridgehead atoms. The van der Waals surface area contributed by atoms with Crippen LogP contribution in [0.4, 0.5) is 0 Å². The Hall–Kier alpha value is -3.18. The minimum Gasteiger partial charge on any atom is -0.305 e. The minimum absolute atomic E-state index is 0.211. The largest absolute Gasteiger partial charge is 0.305 e. The molecule has 2 aromatic carbocycles. The van der Waals surface area contributed by atoms with Crippen LogP contribution in [0.1, 0.15) is 11.4 Å². The summed E-state index contributed by atoms with van der Waals surface area (Å²) in [6.07, 6.45) is 5.35. The van der Waals surface area contributed by atoms with Crippen LogP contribution in [0.25, 0.3) is 27.7 Å². The summed E-state index contributed by atoms with van der Waals surface area (Å²) in [6, 6.07) is 16.8. The second-order valence-electron chi connectivity index (χ2n) is 5.47. The van der Waals surface area contributed by atoms with Crippen LogP contribution in [0.3, 0.4) is 0 Å². The molecule has 122 valence electrons. The maximum atomic E-state index is 12.2. The van der Waals surface area contributed by atoms with E-state index in [1.165, 1.54) is 0 Å². The Labute approximate surface area is 148 Å². The minimum atomic E-state index is -0.211. The molecule has 0 amide bonds. The number of nitrogens with one attached hydrogen (secondary N) is 1. The lowest BCUT2D eigenvalue weighted by Gasteiger charge is -2.04. The highest BCUT2D eigenvalue weighted by Gasteiger charge is 2.07. The second kappa shape index (κ2) is 6.37. The molecule has 25 heavy (non-hydrogen) atoms. The Balaban J connectivity index is 1.75. The molecule has 0 aliphatic heterocycles. The summed E-state index contributed by atoms with van der Waals surface area (Å²) < 4.78 is 1.77. The molecule has 0 radical (unpaired) electrons. The zero-order chi connectivity index (χ0) is 17.2. The molecule has 1 N–H and O–H groups in total. The molecule has 5 nitrogen and oxygen atoms in total. The molecule has 0 fully saturated rings. The molecular formula is C19H13ClN4O. The summed E-state index contributed by atoms with van der Waals surface area (Å²) in [7, 11) is 0. The summed E-state index contributed by atoms with van der Waals surface area (Å²) in [5.74, 6) is 0.342. The van der Waals surface area contributed by atoms with Gasteiger partial charge in [-0.25, -0.2) is 9.67 Å². The van der Waals surface area contributed by atoms with Gasteiger partial charge in [-0.05, 0) is 42.0 Å². The van der Waals surface area contributed by atoms with Crippen LogP contribution in [-0.4, -0.2) is 19.7 Å². The number of hydrogen-bond donors (Lipinski definition) is 1. The summed E-state index contributed by atoms with van der Waals surface area (Å²) in [5, 5.41) is 5.11. The van der Waals surface area contributed by atoms with Gasteiger partial charge in [-0.3, -0.25) is 4.79 Å². The van der Waals surface area contributed by atoms with Crippen molar-refractivity contribution in [2.45, 2.75) is 0 Å². The molecule has 0 aliphatic carbocycles. The van der Waals surface area contributed by atoms with Gasteiger partial charge in [0.05, 0.1) is 21.6 Å². The number of fused-ring (bicyclic) bond motifs is 1. The SMILES string of the molecule is O=c1[nH]c(/C(Cl)=C/c2cccc(-n3cccn3)c2)nc2ccccc12. The number of rotatable bonds is 3. The van der Waals surface area contributed by atoms with E-state index in [9.17, 15) is 4.79 Å². The molecule has 4 aromatic rings. The van der Waals surface area contributed by atoms with Crippen molar-refractivity contribution in [3.8, 4) is 5.69 Å². The van der Waals surface area contributed by atoms with Crippen LogP contribution in [0, 0.1) is 0 Å². The van der Waals surface area contributed by atoms with Gasteiger partial charge in [-0.1, -0.05) is 35.9 Å². The third kappa shape index (κ3) is 3.09. The Kier molecular flexibility index (Phi) is 3.91. The van der Waals surface area contributed by atoms with E-state index < -0.39 is 0 Å². The van der Waals surface area contributed by atoms with Crippen molar-refractivity contribution < 1.29 is 0 Å². The standard InChI is InChI=1S/C19H13ClN4O/c20-16(18-22-17-8-2-1-7-15(17)19(25)23-18)12-13-5-3-6-14(11-13)24-10-4-9-21-24/h1-12H,(H,22,23,25)/b16-12-. The van der Waals surface area contributed by atoms with Gasteiger partial charge >= 0.3 is 0 Å². The van der Waals surface area contributed by atoms with Gasteiger partial charge in [0.15, 0.2) is 5.82 Å². The number of aromatic amines is 1. The van der Waals surface area contributed by atoms with E-state index in [1.807, 2.05) is 42.6 Å². The Bertz CT molecular complexity index is 1130. The summed E-state index contributed by atoms with van der Waals surface area (Å²) >= 11 is 6.40. The van der Waals surface area contributed by atoms with Crippen LogP contribution in [0.15, 0.2) is 71.8 Å². The van der Waals surface area contributed by atoms with Gasteiger partial charge < -0.3 is 4.98 Å². The highest BCUT2D eigenvalue weighted by atomic mass is 35.5. The van der Waals surface area contributed by atoms with E-state index >= 15 is 0 Å². The molecule has 0 saturated carbocycles. The fraction of sp³-hybridized carbons (Fsp3) is 0. The first-order chi connectivity index (χ1) is 12.2. The predicted molar refractivity (Wildman–Crippen MR) is 99.7 cm³/mol. The normalized spacial score (nSPS) is 11.8. The lowest BCUT2D eigenvalue weighted by Crippen LogP contribution is -2.10. The number of halogens is 1. The third-order valence-corrected chi connectivity index (χ3v) is 4.06. The Morgan fingerprint density at radius 3 is 2.84 bits per heavy atom. The van der Waals surface area contributed by atoms with E-state index in [0.29, 0.717) is 21.8 Å². The van der Waals surface area contributed by atoms with Crippen LogP contribution < -0.4 is 5.56 Å². The van der Waals surface area contributed by atoms with E-state index in [2.05, 4.69) is 15.1 Å². The lowest BCUT2D eigenvalue weighted by molar-refractivity contribution is 0.880. The van der Waals surface area contributed by atoms with Gasteiger partial charge in [-0.15, -0.1) is 0 Å². The first-order valence-corrected chi connectivity index (χ1v) is 8.05. The van der Waals surface area contributed by atoms with Crippen molar-refractivity contribution in [2.75, 3.05) is 0 Å². The predicted octanol–water partition coefficient (Wildman–Crippen LogP) is 3.85. The third-order valence-electron chi connectivity index (χ3n) is 3.77. The van der Waals surface area contributed by atoms with Gasteiger partial charge in [0.25, 0.3) is 5.56 Å². The fourth-order valence-corrected chi connectivity index (χ4v) is 2.81. The van der Waals surface area contributed by atoms with Crippen molar-refractivity contribution in [3.05, 3.63) is 88.7 Å². The molecule has 2 heterocycles. The van der Waals surface area contributed by atoms with Crippen molar-refractivity contribution in [2.24, 2.45) is 0 Å². The number of hydrogen-bond acceptors (Lipinski definition) is 3. The van der Waals surface area contributed by atoms with Crippen LogP contribution in [0.5, 0.6) is 0 Å². The van der Waals surface area contributed by atoms with E-state index in [0.717, 1.165) is 11.3 Å². The number of H-pyrrole nitrogens is 1. The highest BCUT2D eigenvalue weighted by molar-refractivity contribution is 6.50. The zero-order valence-electron chi connectivity index (χ0n) is 13.1. The summed E-state index contributed by atoms with van der Waals surface area (Å²) in [5.41, 5.74) is 2.20. The van der Waals surface area contributed by atoms with Gasteiger partial charge in [-0.2, -0.15) is 5.10 Å². The smallest absolute Gasteiger partial charge is 0.259 e. The maximum absolute atomic E-state index is 12.2. The summed E-state index contributed by atoms with van der Waals surface area (Å²) in [6.45, 7) is 0. The topological polar surface area (TPSA) is 63.6 Å². The van der Waals surface area contributed by atoms with E-state index in [-0.39, 0.29) is 5.56 Å². The first kappa shape index (κ1) is 15.4. The Morgan fingerprint density at radius 2 is 2.00 bits per heavy atom. The molecule has 6 heteroatoms. The van der Waals surface area contributed by atoms with Gasteiger partial charge in [0, 0.05) is 12.4 Å². The van der Waals surface area contributed by atoms with Crippen molar-refractivity contribution >= 4 is 33.6 Å². The average molecular weight is 349 g/mol. The monoisotopic (exact) mass is 348 g/mol. The van der Waals surface area contributed by atoms with Crippen molar-refractivity contribution in [3.63, 3.8) is 0 Å². The van der Waals surface area contributed by atoms with Gasteiger partial charge in [0.2, 0.25) is 0 Å². The molecule has 4 rings (SSSR count). The van der Waals surface area contributed by atoms with Crippen molar-refractivity contribution in [1.82, 2.24) is 19.7 Å². The van der Waals surface area contributed by atoms with Crippen molar-refractivity contribution in [1.29, 1.82) is 0 Å². The number of nitrogens with zero attached hydrogens (tertiary/aromatic N) is 3. The second-order valence-corrected chi connectivity index (χ2v) is 5.88. The molecule has 0 saturated heterocycles. The molecular weight excluding hydrogens is 336 g/mol. The highest BCUT2D eigenvalue weighted by Crippen LogP contribution is 2.21. The van der Waals surface area contributed by atoms with Gasteiger partial charge in [0.1, 0.15) is 0 Å². The van der Waals surface area contributed by atoms with Crippen LogP contribution in [-0.2, 0) is 0 Å². The molecule has 0 atom stereocenters. The first-order valence-electron chi connectivity index (χ1n) is 7.67. The van der Waals surface area contributed by atoms with Crippen LogP contribution >= 0.6 is 11.6 Å². The number of aromatic nitrogens is 4. The summed E-state index contributed by atoms with van der Waals surface area (Å²) in [4.78, 5) is 19.3. The molecule has 0 spiro atoms. The molecule has 2 aromatic heterocycles. The van der Waals surface area contributed by atoms with E-state index in [4.69, 9.17) is 11.6 Å². The quantitative estimate of drug-likeness (QED) is 0.611. The van der Waals surface area contributed by atoms with Crippen LogP contribution in [0.2, 0.25) is 0 Å². The fourth-order valence-electron chi connectivity index (χ4n) is 2.59. The molecule has 0 unspecified atom stereocenters. The maximum Gasteiger partial charge on any atom is 0.259 e.